The van der Waals surface area contributed by atoms with Gasteiger partial charge in [0, 0.05) is 12.3 Å². The van der Waals surface area contributed by atoms with Crippen LogP contribution < -0.4 is 0 Å². The molecule has 0 amide bonds. The van der Waals surface area contributed by atoms with E-state index in [1.54, 1.807) is 6.08 Å². The van der Waals surface area contributed by atoms with E-state index in [1.165, 1.54) is 5.57 Å². The smallest absolute Gasteiger partial charge is 0.0389 e. The molecule has 0 aliphatic heterocycles. The lowest BCUT2D eigenvalue weighted by molar-refractivity contribution is 0.931. The van der Waals surface area contributed by atoms with Crippen molar-refractivity contribution in [2.24, 2.45) is 4.99 Å². The number of nitrogens with zero attached hydrogens (tertiary/aromatic N) is 1. The Labute approximate surface area is 69.5 Å². The molecule has 0 heterocycles. The van der Waals surface area contributed by atoms with Gasteiger partial charge in [0.25, 0.3) is 0 Å². The van der Waals surface area contributed by atoms with Crippen LogP contribution in [0.4, 0.5) is 0 Å². The van der Waals surface area contributed by atoms with Crippen molar-refractivity contribution in [1.82, 2.24) is 0 Å². The molecule has 0 fully saturated rings. The molecule has 0 aromatic rings. The van der Waals surface area contributed by atoms with E-state index < -0.39 is 0 Å². The van der Waals surface area contributed by atoms with Gasteiger partial charge in [-0.1, -0.05) is 25.7 Å². The van der Waals surface area contributed by atoms with Crippen LogP contribution in [0, 0.1) is 0 Å². The van der Waals surface area contributed by atoms with E-state index in [0.717, 1.165) is 18.7 Å². The van der Waals surface area contributed by atoms with Gasteiger partial charge >= 0.3 is 0 Å². The second kappa shape index (κ2) is 5.90. The predicted molar refractivity (Wildman–Crippen MR) is 52.2 cm³/mol. The van der Waals surface area contributed by atoms with Crippen molar-refractivity contribution in [3.63, 3.8) is 0 Å². The van der Waals surface area contributed by atoms with E-state index in [4.69, 9.17) is 0 Å². The van der Waals surface area contributed by atoms with Crippen molar-refractivity contribution < 1.29 is 0 Å². The summed E-state index contributed by atoms with van der Waals surface area (Å²) in [6.07, 6.45) is 4.88. The molecule has 0 saturated heterocycles. The highest BCUT2D eigenvalue weighted by Crippen LogP contribution is 1.97. The van der Waals surface area contributed by atoms with E-state index in [2.05, 4.69) is 25.4 Å². The number of hydrogen-bond acceptors (Lipinski definition) is 1. The summed E-state index contributed by atoms with van der Waals surface area (Å²) in [6.45, 7) is 10.8. The number of allylic oxidation sites excluding steroid dienone is 3. The molecule has 1 nitrogen and oxygen atoms in total. The van der Waals surface area contributed by atoms with Gasteiger partial charge in [-0.2, -0.15) is 0 Å². The van der Waals surface area contributed by atoms with Gasteiger partial charge in [-0.3, -0.25) is 4.99 Å². The Morgan fingerprint density at radius 2 is 2.09 bits per heavy atom. The SMILES string of the molecule is C=C/C=C(/C)C(C)=NCCC. The summed E-state index contributed by atoms with van der Waals surface area (Å²) in [7, 11) is 0. The predicted octanol–water partition coefficient (Wildman–Crippen LogP) is 2.99. The van der Waals surface area contributed by atoms with E-state index in [1.807, 2.05) is 13.0 Å². The molecule has 0 saturated carbocycles. The minimum Gasteiger partial charge on any atom is -0.290 e. The summed E-state index contributed by atoms with van der Waals surface area (Å²) in [6, 6.07) is 0. The Kier molecular flexibility index (Phi) is 5.44. The Bertz CT molecular complexity index is 175. The van der Waals surface area contributed by atoms with Gasteiger partial charge in [-0.25, -0.2) is 0 Å². The quantitative estimate of drug-likeness (QED) is 0.432. The first-order chi connectivity index (χ1) is 5.22. The van der Waals surface area contributed by atoms with Crippen LogP contribution in [0.3, 0.4) is 0 Å². The fourth-order valence-electron chi connectivity index (χ4n) is 0.702. The summed E-state index contributed by atoms with van der Waals surface area (Å²) in [5, 5.41) is 0. The fourth-order valence-corrected chi connectivity index (χ4v) is 0.702. The van der Waals surface area contributed by atoms with Crippen LogP contribution >= 0.6 is 0 Å². The number of hydrogen-bond donors (Lipinski definition) is 0. The first-order valence-corrected chi connectivity index (χ1v) is 4.03. The van der Waals surface area contributed by atoms with Crippen LogP contribution in [0.25, 0.3) is 0 Å². The molecule has 0 radical (unpaired) electrons. The van der Waals surface area contributed by atoms with Crippen molar-refractivity contribution in [3.8, 4) is 0 Å². The van der Waals surface area contributed by atoms with Crippen molar-refractivity contribution in [3.05, 3.63) is 24.3 Å². The largest absolute Gasteiger partial charge is 0.290 e. The van der Waals surface area contributed by atoms with Crippen LogP contribution in [-0.4, -0.2) is 12.3 Å². The highest BCUT2D eigenvalue weighted by Gasteiger charge is 1.90. The maximum absolute atomic E-state index is 4.36. The van der Waals surface area contributed by atoms with Gasteiger partial charge in [0.05, 0.1) is 0 Å². The maximum atomic E-state index is 4.36. The van der Waals surface area contributed by atoms with Gasteiger partial charge < -0.3 is 0 Å². The summed E-state index contributed by atoms with van der Waals surface area (Å²) in [5.74, 6) is 0. The molecule has 0 aromatic carbocycles. The zero-order chi connectivity index (χ0) is 8.69. The molecule has 62 valence electrons. The third-order valence-corrected chi connectivity index (χ3v) is 1.51. The molecule has 0 bridgehead atoms. The lowest BCUT2D eigenvalue weighted by atomic mass is 10.2. The normalized spacial score (nSPS) is 13.4. The van der Waals surface area contributed by atoms with E-state index in [0.29, 0.717) is 0 Å². The van der Waals surface area contributed by atoms with Crippen LogP contribution in [-0.2, 0) is 0 Å². The zero-order valence-corrected chi connectivity index (χ0v) is 7.72. The van der Waals surface area contributed by atoms with Crippen LogP contribution in [0.5, 0.6) is 0 Å². The summed E-state index contributed by atoms with van der Waals surface area (Å²) in [5.41, 5.74) is 2.32. The topological polar surface area (TPSA) is 12.4 Å². The highest BCUT2D eigenvalue weighted by molar-refractivity contribution is 5.97. The summed E-state index contributed by atoms with van der Waals surface area (Å²) in [4.78, 5) is 4.36. The van der Waals surface area contributed by atoms with Crippen molar-refractivity contribution in [2.45, 2.75) is 27.2 Å². The molecular weight excluding hydrogens is 134 g/mol. The minimum absolute atomic E-state index is 0.925. The van der Waals surface area contributed by atoms with Crippen molar-refractivity contribution in [1.29, 1.82) is 0 Å². The first kappa shape index (κ1) is 10.2. The van der Waals surface area contributed by atoms with Gasteiger partial charge in [0.2, 0.25) is 0 Å². The molecule has 0 aliphatic carbocycles. The van der Waals surface area contributed by atoms with Gasteiger partial charge in [0.15, 0.2) is 0 Å². The lowest BCUT2D eigenvalue weighted by Gasteiger charge is -1.97. The van der Waals surface area contributed by atoms with Crippen molar-refractivity contribution in [2.75, 3.05) is 6.54 Å². The molecular formula is C10H17N. The minimum atomic E-state index is 0.925. The van der Waals surface area contributed by atoms with Crippen LogP contribution in [0.2, 0.25) is 0 Å². The Morgan fingerprint density at radius 1 is 1.45 bits per heavy atom. The highest BCUT2D eigenvalue weighted by atomic mass is 14.7. The van der Waals surface area contributed by atoms with Crippen molar-refractivity contribution >= 4 is 5.71 Å². The number of rotatable bonds is 4. The molecule has 0 atom stereocenters. The van der Waals surface area contributed by atoms with Crippen LogP contribution in [0.1, 0.15) is 27.2 Å². The molecule has 0 unspecified atom stereocenters. The monoisotopic (exact) mass is 151 g/mol. The fraction of sp³-hybridized carbons (Fsp3) is 0.500. The van der Waals surface area contributed by atoms with Gasteiger partial charge in [0.1, 0.15) is 0 Å². The van der Waals surface area contributed by atoms with Gasteiger partial charge in [-0.05, 0) is 25.8 Å². The third kappa shape index (κ3) is 4.54. The Balaban J connectivity index is 4.10. The zero-order valence-electron chi connectivity index (χ0n) is 7.72. The standard InChI is InChI=1S/C10H17N/c1-5-7-9(3)10(4)11-8-6-2/h5,7H,1,6,8H2,2-4H3/b9-7-,11-10?. The first-order valence-electron chi connectivity index (χ1n) is 4.03. The molecule has 0 spiro atoms. The number of aliphatic imine (C=N–C) groups is 1. The molecule has 0 N–H and O–H groups in total. The molecule has 11 heavy (non-hydrogen) atoms. The second-order valence-corrected chi connectivity index (χ2v) is 2.55. The Morgan fingerprint density at radius 3 is 2.55 bits per heavy atom. The summed E-state index contributed by atoms with van der Waals surface area (Å²) < 4.78 is 0. The second-order valence-electron chi connectivity index (χ2n) is 2.55. The summed E-state index contributed by atoms with van der Waals surface area (Å²) >= 11 is 0. The lowest BCUT2D eigenvalue weighted by Crippen LogP contribution is -1.94. The van der Waals surface area contributed by atoms with E-state index in [-0.39, 0.29) is 0 Å². The molecule has 0 aliphatic rings. The molecule has 0 aromatic heterocycles. The van der Waals surface area contributed by atoms with Gasteiger partial charge in [-0.15, -0.1) is 0 Å². The third-order valence-electron chi connectivity index (χ3n) is 1.51. The Hall–Kier alpha value is -0.850. The average molecular weight is 151 g/mol. The van der Waals surface area contributed by atoms with Crippen LogP contribution in [0.15, 0.2) is 29.3 Å². The van der Waals surface area contributed by atoms with E-state index >= 15 is 0 Å². The molecule has 0 rings (SSSR count). The molecule has 1 heteroatoms. The van der Waals surface area contributed by atoms with E-state index in [9.17, 15) is 0 Å². The maximum Gasteiger partial charge on any atom is 0.0389 e. The average Bonchev–Trinajstić information content (AvgIpc) is 2.00.